The van der Waals surface area contributed by atoms with E-state index in [0.717, 1.165) is 12.8 Å². The largest absolute Gasteiger partial charge is 0.393 e. The Hall–Kier alpha value is -0.0200. The van der Waals surface area contributed by atoms with E-state index in [4.69, 9.17) is 9.42 Å². The first-order chi connectivity index (χ1) is 6.79. The summed E-state index contributed by atoms with van der Waals surface area (Å²) >= 11 is 0. The molecule has 1 aliphatic rings. The van der Waals surface area contributed by atoms with Gasteiger partial charge in [0.2, 0.25) is 0 Å². The Morgan fingerprint density at radius 2 is 1.60 bits per heavy atom. The van der Waals surface area contributed by atoms with Crippen molar-refractivity contribution < 1.29 is 14.5 Å². The summed E-state index contributed by atoms with van der Waals surface area (Å²) in [7, 11) is 2.29. The van der Waals surface area contributed by atoms with Crippen LogP contribution >= 0.6 is 9.47 Å². The van der Waals surface area contributed by atoms with Gasteiger partial charge < -0.3 is 9.90 Å². The van der Waals surface area contributed by atoms with Gasteiger partial charge in [0.25, 0.3) is 0 Å². The Morgan fingerprint density at radius 1 is 1.27 bits per heavy atom. The van der Waals surface area contributed by atoms with Crippen LogP contribution in [0.25, 0.3) is 0 Å². The van der Waals surface area contributed by atoms with Gasteiger partial charge in [0.1, 0.15) is 6.79 Å². The second-order valence-corrected chi connectivity index (χ2v) is 5.30. The van der Waals surface area contributed by atoms with Crippen LogP contribution in [0.15, 0.2) is 0 Å². The first kappa shape index (κ1) is 15.0. The van der Waals surface area contributed by atoms with Gasteiger partial charge in [-0.25, -0.2) is 0 Å². The number of hydrogen-bond acceptors (Lipinski definition) is 4. The smallest absolute Gasteiger partial charge is 0.106 e. The number of hydroxylamine groups is 2. The highest BCUT2D eigenvalue weighted by Crippen LogP contribution is 2.39. The van der Waals surface area contributed by atoms with E-state index in [1.807, 2.05) is 11.9 Å². The summed E-state index contributed by atoms with van der Waals surface area (Å²) < 4.78 is 5.31. The quantitative estimate of drug-likeness (QED) is 0.700. The van der Waals surface area contributed by atoms with E-state index in [1.54, 1.807) is 0 Å². The molecule has 0 amide bonds. The molecule has 1 aliphatic heterocycles. The van der Waals surface area contributed by atoms with E-state index in [9.17, 15) is 5.11 Å². The van der Waals surface area contributed by atoms with Gasteiger partial charge in [0.05, 0.1) is 6.10 Å². The van der Waals surface area contributed by atoms with Crippen LogP contribution in [0.1, 0.15) is 40.5 Å². The lowest BCUT2D eigenvalue weighted by molar-refractivity contribution is -0.226. The van der Waals surface area contributed by atoms with Crippen molar-refractivity contribution in [1.29, 1.82) is 0 Å². The number of rotatable bonds is 1. The molecule has 0 spiro atoms. The number of piperidine rings is 1. The van der Waals surface area contributed by atoms with E-state index < -0.39 is 0 Å². The fourth-order valence-corrected chi connectivity index (χ4v) is 3.07. The molecule has 0 radical (unpaired) electrons. The van der Waals surface area contributed by atoms with Crippen LogP contribution in [-0.4, -0.2) is 34.1 Å². The second kappa shape index (κ2) is 5.35. The number of nitrogens with zero attached hydrogens (tertiary/aromatic N) is 1. The number of carbonyl (C=O) groups is 1. The summed E-state index contributed by atoms with van der Waals surface area (Å²) in [5.74, 6) is 0. The van der Waals surface area contributed by atoms with Crippen LogP contribution < -0.4 is 0 Å². The molecular weight excluding hydrogens is 213 g/mol. The molecule has 1 N–H and O–H groups in total. The number of carbonyl (C=O) groups excluding carboxylic acids is 1. The molecule has 1 fully saturated rings. The molecule has 0 aromatic heterocycles. The third-order valence-corrected chi connectivity index (χ3v) is 2.89. The molecule has 0 aromatic carbocycles. The van der Waals surface area contributed by atoms with Gasteiger partial charge in [0, 0.05) is 20.5 Å². The average molecular weight is 235 g/mol. The second-order valence-electron chi connectivity index (χ2n) is 5.09. The maximum atomic E-state index is 9.70. The third kappa shape index (κ3) is 3.49. The molecule has 0 bridgehead atoms. The zero-order valence-electron chi connectivity index (χ0n) is 9.99. The molecule has 0 saturated carbocycles. The summed E-state index contributed by atoms with van der Waals surface area (Å²) in [6.45, 7) is 10.3. The van der Waals surface area contributed by atoms with Crippen LogP contribution in [0.5, 0.6) is 0 Å². The first-order valence-electron chi connectivity index (χ1n) is 4.94. The molecule has 15 heavy (non-hydrogen) atoms. The van der Waals surface area contributed by atoms with E-state index in [0.29, 0.717) is 0 Å². The molecule has 1 unspecified atom stereocenters. The van der Waals surface area contributed by atoms with Crippen LogP contribution in [-0.2, 0) is 9.42 Å². The minimum atomic E-state index is -0.221. The standard InChI is InChI=1S/C9H20NO2P.CH2O/c1-8(2)5-7(11)6-9(3,4)10(8)12-13;1-2/h7,11H,5-6,13H2,1-4H3;1H2. The van der Waals surface area contributed by atoms with E-state index in [1.165, 1.54) is 0 Å². The van der Waals surface area contributed by atoms with Gasteiger partial charge in [-0.2, -0.15) is 5.06 Å². The maximum absolute atomic E-state index is 9.70. The summed E-state index contributed by atoms with van der Waals surface area (Å²) in [5, 5.41) is 11.7. The molecule has 1 rings (SSSR count). The van der Waals surface area contributed by atoms with Crippen molar-refractivity contribution in [3.63, 3.8) is 0 Å². The van der Waals surface area contributed by atoms with Crippen molar-refractivity contribution in [2.45, 2.75) is 57.7 Å². The van der Waals surface area contributed by atoms with Crippen molar-refractivity contribution in [2.75, 3.05) is 0 Å². The van der Waals surface area contributed by atoms with Crippen LogP contribution in [0.2, 0.25) is 0 Å². The molecule has 90 valence electrons. The Labute approximate surface area is 94.2 Å². The van der Waals surface area contributed by atoms with Crippen molar-refractivity contribution >= 4 is 16.3 Å². The molecule has 5 heteroatoms. The zero-order valence-corrected chi connectivity index (χ0v) is 11.1. The lowest BCUT2D eigenvalue weighted by atomic mass is 9.80. The lowest BCUT2D eigenvalue weighted by Crippen LogP contribution is -2.60. The van der Waals surface area contributed by atoms with Crippen molar-refractivity contribution in [3.8, 4) is 0 Å². The SMILES string of the molecule is C=O.CC1(C)CC(O)CC(C)(C)N1OP. The fraction of sp³-hybridized carbons (Fsp3) is 0.900. The third-order valence-electron chi connectivity index (χ3n) is 2.68. The highest BCUT2D eigenvalue weighted by atomic mass is 31.0. The van der Waals surface area contributed by atoms with Gasteiger partial charge in [-0.1, -0.05) is 0 Å². The van der Waals surface area contributed by atoms with Gasteiger partial charge in [0.15, 0.2) is 0 Å². The van der Waals surface area contributed by atoms with E-state index in [-0.39, 0.29) is 17.2 Å². The van der Waals surface area contributed by atoms with E-state index >= 15 is 0 Å². The molecule has 4 nitrogen and oxygen atoms in total. The zero-order chi connectivity index (χ0) is 12.3. The Bertz CT molecular complexity index is 191. The van der Waals surface area contributed by atoms with Gasteiger partial charge in [-0.05, 0) is 40.5 Å². The van der Waals surface area contributed by atoms with Crippen LogP contribution in [0, 0.1) is 0 Å². The lowest BCUT2D eigenvalue weighted by Gasteiger charge is -2.52. The predicted octanol–water partition coefficient (Wildman–Crippen LogP) is 1.54. The Balaban J connectivity index is 0.000000921. The first-order valence-corrected chi connectivity index (χ1v) is 5.41. The summed E-state index contributed by atoms with van der Waals surface area (Å²) in [5.41, 5.74) is -0.216. The maximum Gasteiger partial charge on any atom is 0.106 e. The van der Waals surface area contributed by atoms with Gasteiger partial charge in [-0.3, -0.25) is 4.62 Å². The fourth-order valence-electron chi connectivity index (χ4n) is 2.50. The Kier molecular flexibility index (Phi) is 5.34. The van der Waals surface area contributed by atoms with Crippen molar-refractivity contribution in [2.24, 2.45) is 0 Å². The number of hydrogen-bond donors (Lipinski definition) is 1. The van der Waals surface area contributed by atoms with Crippen molar-refractivity contribution in [1.82, 2.24) is 5.06 Å². The van der Waals surface area contributed by atoms with Gasteiger partial charge in [-0.15, -0.1) is 0 Å². The minimum absolute atomic E-state index is 0.108. The van der Waals surface area contributed by atoms with Crippen molar-refractivity contribution in [3.05, 3.63) is 0 Å². The molecule has 0 aromatic rings. The van der Waals surface area contributed by atoms with Crippen LogP contribution in [0.3, 0.4) is 0 Å². The molecular formula is C10H22NO3P. The minimum Gasteiger partial charge on any atom is -0.393 e. The number of aliphatic hydroxyl groups is 1. The molecule has 0 aliphatic carbocycles. The normalized spacial score (nSPS) is 25.5. The average Bonchev–Trinajstić information content (AvgIpc) is 2.02. The summed E-state index contributed by atoms with van der Waals surface area (Å²) in [6.07, 6.45) is 1.29. The van der Waals surface area contributed by atoms with Gasteiger partial charge >= 0.3 is 0 Å². The molecule has 1 heterocycles. The highest BCUT2D eigenvalue weighted by molar-refractivity contribution is 7.09. The summed E-state index contributed by atoms with van der Waals surface area (Å²) in [6, 6.07) is 0. The monoisotopic (exact) mass is 235 g/mol. The predicted molar refractivity (Wildman–Crippen MR) is 63.2 cm³/mol. The number of aliphatic hydroxyl groups excluding tert-OH is 1. The van der Waals surface area contributed by atoms with Crippen LogP contribution in [0.4, 0.5) is 0 Å². The topological polar surface area (TPSA) is 49.8 Å². The summed E-state index contributed by atoms with van der Waals surface area (Å²) in [4.78, 5) is 8.00. The van der Waals surface area contributed by atoms with E-state index in [2.05, 4.69) is 37.2 Å². The molecule has 1 saturated heterocycles. The highest BCUT2D eigenvalue weighted by Gasteiger charge is 2.45. The molecule has 1 atom stereocenters. The Morgan fingerprint density at radius 3 is 1.87 bits per heavy atom.